The van der Waals surface area contributed by atoms with Crippen LogP contribution in [0.5, 0.6) is 11.5 Å². The number of esters is 1. The Morgan fingerprint density at radius 3 is 2.65 bits per heavy atom. The SMILES string of the molecule is O=C(COC(=O)c1cc2cc(F)ccc2s1)Nc1cc2c(cc1[N+](=O)[O-])OCCCO2. The summed E-state index contributed by atoms with van der Waals surface area (Å²) in [5.74, 6) is -1.47. The average molecular weight is 446 g/mol. The smallest absolute Gasteiger partial charge is 0.348 e. The van der Waals surface area contributed by atoms with Crippen molar-refractivity contribution in [2.45, 2.75) is 6.42 Å². The first-order valence-electron chi connectivity index (χ1n) is 9.15. The van der Waals surface area contributed by atoms with E-state index in [2.05, 4.69) is 5.32 Å². The van der Waals surface area contributed by atoms with Gasteiger partial charge in [-0.2, -0.15) is 0 Å². The molecule has 0 atom stereocenters. The molecule has 0 spiro atoms. The van der Waals surface area contributed by atoms with Gasteiger partial charge in [-0.1, -0.05) is 0 Å². The van der Waals surface area contributed by atoms with Crippen molar-refractivity contribution in [1.29, 1.82) is 0 Å². The van der Waals surface area contributed by atoms with Crippen LogP contribution >= 0.6 is 11.3 Å². The van der Waals surface area contributed by atoms with Gasteiger partial charge < -0.3 is 19.5 Å². The lowest BCUT2D eigenvalue weighted by Gasteiger charge is -2.11. The third kappa shape index (κ3) is 4.56. The zero-order valence-corrected chi connectivity index (χ0v) is 16.7. The van der Waals surface area contributed by atoms with Crippen LogP contribution in [0, 0.1) is 15.9 Å². The van der Waals surface area contributed by atoms with Gasteiger partial charge in [0.15, 0.2) is 18.1 Å². The molecule has 0 bridgehead atoms. The van der Waals surface area contributed by atoms with Crippen LogP contribution in [-0.2, 0) is 9.53 Å². The fourth-order valence-corrected chi connectivity index (χ4v) is 3.89. The third-order valence-electron chi connectivity index (χ3n) is 4.35. The molecule has 2 heterocycles. The van der Waals surface area contributed by atoms with E-state index in [0.29, 0.717) is 29.7 Å². The summed E-state index contributed by atoms with van der Waals surface area (Å²) in [7, 11) is 0. The molecule has 160 valence electrons. The minimum absolute atomic E-state index is 0.104. The summed E-state index contributed by atoms with van der Waals surface area (Å²) in [5.41, 5.74) is -0.483. The third-order valence-corrected chi connectivity index (χ3v) is 5.45. The standard InChI is InChI=1S/C20H15FN2O7S/c21-12-2-3-17-11(6-12)7-18(31-17)20(25)30-10-19(24)22-13-8-15-16(9-14(13)23(26)27)29-5-1-4-28-15/h2-3,6-9H,1,4-5,10H2,(H,22,24). The Balaban J connectivity index is 1.45. The maximum absolute atomic E-state index is 13.3. The zero-order valence-electron chi connectivity index (χ0n) is 15.9. The Morgan fingerprint density at radius 1 is 1.16 bits per heavy atom. The highest BCUT2D eigenvalue weighted by Crippen LogP contribution is 2.39. The Kier molecular flexibility index (Phi) is 5.67. The highest BCUT2D eigenvalue weighted by Gasteiger charge is 2.23. The molecule has 11 heteroatoms. The number of benzene rings is 2. The Labute approximate surface area is 178 Å². The Bertz CT molecular complexity index is 1190. The molecule has 0 unspecified atom stereocenters. The molecule has 0 fully saturated rings. The summed E-state index contributed by atoms with van der Waals surface area (Å²) in [4.78, 5) is 35.4. The minimum Gasteiger partial charge on any atom is -0.489 e. The molecule has 0 saturated carbocycles. The summed E-state index contributed by atoms with van der Waals surface area (Å²) in [6.45, 7) is 0.0676. The number of ether oxygens (including phenoxy) is 3. The number of hydrogen-bond acceptors (Lipinski definition) is 8. The van der Waals surface area contributed by atoms with Gasteiger partial charge in [0, 0.05) is 17.2 Å². The number of halogens is 1. The average Bonchev–Trinajstić information content (AvgIpc) is 3.02. The molecule has 1 aliphatic rings. The number of amides is 1. The maximum atomic E-state index is 13.3. The molecular weight excluding hydrogens is 431 g/mol. The number of thiophene rings is 1. The number of anilines is 1. The van der Waals surface area contributed by atoms with E-state index in [4.69, 9.17) is 14.2 Å². The molecule has 1 aliphatic heterocycles. The van der Waals surface area contributed by atoms with Crippen LogP contribution in [0.25, 0.3) is 10.1 Å². The topological polar surface area (TPSA) is 117 Å². The molecule has 9 nitrogen and oxygen atoms in total. The zero-order chi connectivity index (χ0) is 22.0. The van der Waals surface area contributed by atoms with Crippen LogP contribution in [0.4, 0.5) is 15.8 Å². The van der Waals surface area contributed by atoms with Gasteiger partial charge in [0.1, 0.15) is 16.4 Å². The number of carbonyl (C=O) groups excluding carboxylic acids is 2. The number of nitrogens with one attached hydrogen (secondary N) is 1. The number of rotatable bonds is 5. The monoisotopic (exact) mass is 446 g/mol. The molecule has 2 aromatic carbocycles. The largest absolute Gasteiger partial charge is 0.489 e. The van der Waals surface area contributed by atoms with Crippen LogP contribution in [0.1, 0.15) is 16.1 Å². The van der Waals surface area contributed by atoms with Gasteiger partial charge in [0.25, 0.3) is 11.6 Å². The van der Waals surface area contributed by atoms with E-state index in [1.807, 2.05) is 0 Å². The van der Waals surface area contributed by atoms with E-state index >= 15 is 0 Å². The molecule has 0 saturated heterocycles. The summed E-state index contributed by atoms with van der Waals surface area (Å²) < 4.78 is 29.9. The fourth-order valence-electron chi connectivity index (χ4n) is 2.95. The number of nitrogens with zero attached hydrogens (tertiary/aromatic N) is 1. The van der Waals surface area contributed by atoms with Gasteiger partial charge >= 0.3 is 5.97 Å². The first kappa shape index (κ1) is 20.5. The molecule has 31 heavy (non-hydrogen) atoms. The lowest BCUT2D eigenvalue weighted by Crippen LogP contribution is -2.21. The second kappa shape index (κ2) is 8.56. The second-order valence-electron chi connectivity index (χ2n) is 6.54. The molecular formula is C20H15FN2O7S. The Morgan fingerprint density at radius 2 is 1.90 bits per heavy atom. The van der Waals surface area contributed by atoms with Crippen molar-refractivity contribution in [2.24, 2.45) is 0 Å². The predicted molar refractivity (Wildman–Crippen MR) is 109 cm³/mol. The summed E-state index contributed by atoms with van der Waals surface area (Å²) in [6.07, 6.45) is 0.616. The van der Waals surface area contributed by atoms with E-state index in [9.17, 15) is 24.1 Å². The van der Waals surface area contributed by atoms with Gasteiger partial charge in [-0.05, 0) is 29.7 Å². The number of hydrogen-bond donors (Lipinski definition) is 1. The second-order valence-corrected chi connectivity index (χ2v) is 7.62. The van der Waals surface area contributed by atoms with Crippen LogP contribution in [-0.4, -0.2) is 36.6 Å². The van der Waals surface area contributed by atoms with Crippen molar-refractivity contribution in [3.8, 4) is 11.5 Å². The fraction of sp³-hybridized carbons (Fsp3) is 0.200. The number of fused-ring (bicyclic) bond motifs is 2. The molecule has 4 rings (SSSR count). The van der Waals surface area contributed by atoms with Gasteiger partial charge in [0.2, 0.25) is 0 Å². The van der Waals surface area contributed by atoms with E-state index in [1.165, 1.54) is 30.3 Å². The summed E-state index contributed by atoms with van der Waals surface area (Å²) in [5, 5.41) is 14.3. The Hall–Kier alpha value is -3.73. The normalized spacial score (nSPS) is 12.8. The van der Waals surface area contributed by atoms with Crippen LogP contribution in [0.3, 0.4) is 0 Å². The van der Waals surface area contributed by atoms with Crippen molar-refractivity contribution in [3.05, 3.63) is 57.2 Å². The van der Waals surface area contributed by atoms with Gasteiger partial charge in [-0.3, -0.25) is 14.9 Å². The number of nitro groups is 1. The quantitative estimate of drug-likeness (QED) is 0.359. The van der Waals surface area contributed by atoms with Gasteiger partial charge in [0.05, 0.1) is 24.2 Å². The number of nitro benzene ring substituents is 1. The highest BCUT2D eigenvalue weighted by molar-refractivity contribution is 7.20. The van der Waals surface area contributed by atoms with Crippen LogP contribution in [0.2, 0.25) is 0 Å². The van der Waals surface area contributed by atoms with E-state index in [1.54, 1.807) is 6.07 Å². The van der Waals surface area contributed by atoms with E-state index < -0.39 is 29.2 Å². The highest BCUT2D eigenvalue weighted by atomic mass is 32.1. The lowest BCUT2D eigenvalue weighted by atomic mass is 10.2. The first-order valence-corrected chi connectivity index (χ1v) is 9.96. The molecule has 0 radical (unpaired) electrons. The van der Waals surface area contributed by atoms with Crippen molar-refractivity contribution in [3.63, 3.8) is 0 Å². The maximum Gasteiger partial charge on any atom is 0.348 e. The predicted octanol–water partition coefficient (Wildman–Crippen LogP) is 3.91. The molecule has 1 N–H and O–H groups in total. The van der Waals surface area contributed by atoms with E-state index in [0.717, 1.165) is 11.3 Å². The molecule has 3 aromatic rings. The minimum atomic E-state index is -0.766. The van der Waals surface area contributed by atoms with Crippen molar-refractivity contribution < 1.29 is 33.1 Å². The van der Waals surface area contributed by atoms with Crippen molar-refractivity contribution >= 4 is 44.7 Å². The summed E-state index contributed by atoms with van der Waals surface area (Å²) in [6, 6.07) is 8.07. The number of carbonyl (C=O) groups is 2. The van der Waals surface area contributed by atoms with Gasteiger partial charge in [-0.25, -0.2) is 9.18 Å². The summed E-state index contributed by atoms with van der Waals surface area (Å²) >= 11 is 1.10. The van der Waals surface area contributed by atoms with Gasteiger partial charge in [-0.15, -0.1) is 11.3 Å². The van der Waals surface area contributed by atoms with Crippen LogP contribution in [0.15, 0.2) is 36.4 Å². The van der Waals surface area contributed by atoms with Crippen LogP contribution < -0.4 is 14.8 Å². The van der Waals surface area contributed by atoms with Crippen molar-refractivity contribution in [2.75, 3.05) is 25.1 Å². The molecule has 1 aromatic heterocycles. The van der Waals surface area contributed by atoms with E-state index in [-0.39, 0.29) is 27.8 Å². The van der Waals surface area contributed by atoms with Crippen molar-refractivity contribution in [1.82, 2.24) is 0 Å². The first-order chi connectivity index (χ1) is 14.9. The molecule has 1 amide bonds. The molecule has 0 aliphatic carbocycles. The lowest BCUT2D eigenvalue weighted by molar-refractivity contribution is -0.384.